The van der Waals surface area contributed by atoms with Crippen LogP contribution in [0.15, 0.2) is 29.2 Å². The molecule has 2 rings (SSSR count). The Labute approximate surface area is 166 Å². The molecule has 0 atom stereocenters. The summed E-state index contributed by atoms with van der Waals surface area (Å²) < 4.78 is 31.4. The van der Waals surface area contributed by atoms with Crippen LogP contribution < -0.4 is 10.0 Å². The van der Waals surface area contributed by atoms with Crippen LogP contribution in [0.3, 0.4) is 0 Å². The lowest BCUT2D eigenvalue weighted by molar-refractivity contribution is -0.125. The number of ether oxygens (including phenoxy) is 1. The molecule has 0 bridgehead atoms. The minimum Gasteiger partial charge on any atom is -0.452 e. The summed E-state index contributed by atoms with van der Waals surface area (Å²) in [6.07, 6.45) is 12.7. The van der Waals surface area contributed by atoms with Gasteiger partial charge in [-0.3, -0.25) is 4.79 Å². The van der Waals surface area contributed by atoms with E-state index in [4.69, 9.17) is 11.2 Å². The molecule has 0 unspecified atom stereocenters. The van der Waals surface area contributed by atoms with E-state index in [0.29, 0.717) is 0 Å². The standard InChI is InChI=1S/C20H26N2O5S/c1-2-13-21-28(25,26)18-12-8-9-16(14-18)20(24)27-15-19(23)22-17-10-6-4-3-5-7-11-17/h1,8-9,12,14,17,21H,3-7,10-11,13,15H2,(H,22,23). The van der Waals surface area contributed by atoms with Crippen LogP contribution in [0.25, 0.3) is 0 Å². The van der Waals surface area contributed by atoms with E-state index in [1.165, 1.54) is 43.5 Å². The fourth-order valence-electron chi connectivity index (χ4n) is 3.09. The predicted octanol–water partition coefficient (Wildman–Crippen LogP) is 1.98. The smallest absolute Gasteiger partial charge is 0.338 e. The molecular weight excluding hydrogens is 380 g/mol. The van der Waals surface area contributed by atoms with Crippen molar-refractivity contribution in [2.24, 2.45) is 0 Å². The summed E-state index contributed by atoms with van der Waals surface area (Å²) >= 11 is 0. The number of hydrogen-bond donors (Lipinski definition) is 2. The number of terminal acetylenes is 1. The van der Waals surface area contributed by atoms with E-state index < -0.39 is 22.6 Å². The molecule has 0 aromatic heterocycles. The van der Waals surface area contributed by atoms with Crippen LogP contribution in [0.2, 0.25) is 0 Å². The summed E-state index contributed by atoms with van der Waals surface area (Å²) in [5, 5.41) is 2.91. The van der Waals surface area contributed by atoms with Gasteiger partial charge in [-0.25, -0.2) is 13.2 Å². The molecule has 0 saturated heterocycles. The molecule has 0 heterocycles. The molecular formula is C20H26N2O5S. The first-order chi connectivity index (χ1) is 13.4. The molecule has 8 heteroatoms. The molecule has 152 valence electrons. The molecule has 0 spiro atoms. The summed E-state index contributed by atoms with van der Waals surface area (Å²) in [5.41, 5.74) is 0.0438. The minimum absolute atomic E-state index is 0.0438. The summed E-state index contributed by atoms with van der Waals surface area (Å²) in [7, 11) is -3.81. The third kappa shape index (κ3) is 6.98. The molecule has 1 fully saturated rings. The minimum atomic E-state index is -3.81. The fourth-order valence-corrected chi connectivity index (χ4v) is 4.07. The van der Waals surface area contributed by atoms with Crippen LogP contribution in [0.5, 0.6) is 0 Å². The first-order valence-corrected chi connectivity index (χ1v) is 10.9. The highest BCUT2D eigenvalue weighted by Gasteiger charge is 2.18. The largest absolute Gasteiger partial charge is 0.452 e. The lowest BCUT2D eigenvalue weighted by atomic mass is 9.97. The predicted molar refractivity (Wildman–Crippen MR) is 105 cm³/mol. The molecule has 1 aliphatic rings. The molecule has 1 aromatic rings. The van der Waals surface area contributed by atoms with Crippen molar-refractivity contribution in [3.8, 4) is 12.3 Å². The van der Waals surface area contributed by atoms with Gasteiger partial charge < -0.3 is 10.1 Å². The number of benzene rings is 1. The van der Waals surface area contributed by atoms with Crippen LogP contribution >= 0.6 is 0 Å². The van der Waals surface area contributed by atoms with E-state index in [9.17, 15) is 18.0 Å². The Morgan fingerprint density at radius 1 is 1.14 bits per heavy atom. The second-order valence-electron chi connectivity index (χ2n) is 6.74. The van der Waals surface area contributed by atoms with Crippen molar-refractivity contribution >= 4 is 21.9 Å². The maximum absolute atomic E-state index is 12.2. The average Bonchev–Trinajstić information content (AvgIpc) is 2.66. The number of amides is 1. The van der Waals surface area contributed by atoms with Gasteiger partial charge in [0, 0.05) is 6.04 Å². The number of esters is 1. The van der Waals surface area contributed by atoms with Gasteiger partial charge in [0.15, 0.2) is 6.61 Å². The Bertz CT molecular complexity index is 821. The monoisotopic (exact) mass is 406 g/mol. The number of nitrogens with one attached hydrogen (secondary N) is 2. The molecule has 1 aliphatic carbocycles. The number of carbonyl (C=O) groups excluding carboxylic acids is 2. The van der Waals surface area contributed by atoms with Gasteiger partial charge in [-0.1, -0.05) is 44.1 Å². The van der Waals surface area contributed by atoms with Crippen molar-refractivity contribution in [3.05, 3.63) is 29.8 Å². The highest BCUT2D eigenvalue weighted by Crippen LogP contribution is 2.17. The van der Waals surface area contributed by atoms with Crippen LogP contribution in [-0.4, -0.2) is 39.5 Å². The Hall–Kier alpha value is -2.37. The third-order valence-electron chi connectivity index (χ3n) is 4.55. The number of carbonyl (C=O) groups is 2. The zero-order valence-electron chi connectivity index (χ0n) is 15.8. The molecule has 1 aromatic carbocycles. The van der Waals surface area contributed by atoms with E-state index in [0.717, 1.165) is 25.7 Å². The van der Waals surface area contributed by atoms with Crippen molar-refractivity contribution in [1.82, 2.24) is 10.0 Å². The highest BCUT2D eigenvalue weighted by molar-refractivity contribution is 7.89. The van der Waals surface area contributed by atoms with Crippen molar-refractivity contribution in [1.29, 1.82) is 0 Å². The molecule has 1 saturated carbocycles. The van der Waals surface area contributed by atoms with E-state index in [-0.39, 0.29) is 29.0 Å². The van der Waals surface area contributed by atoms with Gasteiger partial charge in [-0.05, 0) is 31.0 Å². The SMILES string of the molecule is C#CCNS(=O)(=O)c1cccc(C(=O)OCC(=O)NC2CCCCCCC2)c1. The third-order valence-corrected chi connectivity index (χ3v) is 5.95. The van der Waals surface area contributed by atoms with Crippen LogP contribution in [-0.2, 0) is 19.6 Å². The molecule has 0 aliphatic heterocycles. The van der Waals surface area contributed by atoms with Crippen molar-refractivity contribution in [2.75, 3.05) is 13.2 Å². The van der Waals surface area contributed by atoms with Gasteiger partial charge in [-0.15, -0.1) is 6.42 Å². The topological polar surface area (TPSA) is 102 Å². The molecule has 28 heavy (non-hydrogen) atoms. The Kier molecular flexibility index (Phi) is 8.48. The van der Waals surface area contributed by atoms with E-state index in [2.05, 4.69) is 16.0 Å². The van der Waals surface area contributed by atoms with Gasteiger partial charge >= 0.3 is 5.97 Å². The zero-order valence-corrected chi connectivity index (χ0v) is 16.6. The van der Waals surface area contributed by atoms with Gasteiger partial charge in [-0.2, -0.15) is 4.72 Å². The summed E-state index contributed by atoms with van der Waals surface area (Å²) in [6, 6.07) is 5.50. The van der Waals surface area contributed by atoms with Crippen molar-refractivity contribution in [2.45, 2.75) is 55.9 Å². The van der Waals surface area contributed by atoms with Gasteiger partial charge in [0.25, 0.3) is 5.91 Å². The zero-order chi connectivity index (χ0) is 20.4. The van der Waals surface area contributed by atoms with Crippen LogP contribution in [0.1, 0.15) is 55.3 Å². The van der Waals surface area contributed by atoms with E-state index >= 15 is 0 Å². The number of rotatable bonds is 7. The Balaban J connectivity index is 1.89. The Morgan fingerprint density at radius 2 is 1.82 bits per heavy atom. The lowest BCUT2D eigenvalue weighted by Gasteiger charge is -2.20. The first kappa shape index (κ1) is 21.9. The number of sulfonamides is 1. The lowest BCUT2D eigenvalue weighted by Crippen LogP contribution is -2.38. The summed E-state index contributed by atoms with van der Waals surface area (Å²) in [5.74, 6) is 1.07. The van der Waals surface area contributed by atoms with Gasteiger partial charge in [0.2, 0.25) is 10.0 Å². The second-order valence-corrected chi connectivity index (χ2v) is 8.51. The average molecular weight is 407 g/mol. The second kappa shape index (κ2) is 10.8. The quantitative estimate of drug-likeness (QED) is 0.533. The molecule has 1 amide bonds. The number of hydrogen-bond acceptors (Lipinski definition) is 5. The van der Waals surface area contributed by atoms with Crippen molar-refractivity contribution in [3.63, 3.8) is 0 Å². The normalized spacial score (nSPS) is 15.7. The summed E-state index contributed by atoms with van der Waals surface area (Å²) in [4.78, 5) is 24.2. The maximum Gasteiger partial charge on any atom is 0.338 e. The van der Waals surface area contributed by atoms with Gasteiger partial charge in [0.05, 0.1) is 17.0 Å². The molecule has 2 N–H and O–H groups in total. The van der Waals surface area contributed by atoms with E-state index in [1.807, 2.05) is 0 Å². The van der Waals surface area contributed by atoms with Gasteiger partial charge in [0.1, 0.15) is 0 Å². The fraction of sp³-hybridized carbons (Fsp3) is 0.500. The molecule has 0 radical (unpaired) electrons. The van der Waals surface area contributed by atoms with Crippen molar-refractivity contribution < 1.29 is 22.7 Å². The highest BCUT2D eigenvalue weighted by atomic mass is 32.2. The Morgan fingerprint density at radius 3 is 2.50 bits per heavy atom. The van der Waals surface area contributed by atoms with E-state index in [1.54, 1.807) is 0 Å². The first-order valence-electron chi connectivity index (χ1n) is 9.42. The van der Waals surface area contributed by atoms with Crippen LogP contribution in [0, 0.1) is 12.3 Å². The molecule has 7 nitrogen and oxygen atoms in total. The summed E-state index contributed by atoms with van der Waals surface area (Å²) in [6.45, 7) is -0.556. The van der Waals surface area contributed by atoms with Crippen LogP contribution in [0.4, 0.5) is 0 Å². The maximum atomic E-state index is 12.2.